The zero-order chi connectivity index (χ0) is 10.8. The molecule has 6 heteroatoms. The van der Waals surface area contributed by atoms with Crippen molar-refractivity contribution in [2.24, 2.45) is 0 Å². The molecule has 4 nitrogen and oxygen atoms in total. The topological polar surface area (TPSA) is 63.1 Å². The highest BCUT2D eigenvalue weighted by molar-refractivity contribution is 9.10. The Hall–Kier alpha value is -1.27. The second-order valence-electron chi connectivity index (χ2n) is 2.69. The first kappa shape index (κ1) is 10.3. The molecule has 0 saturated heterocycles. The van der Waals surface area contributed by atoms with Crippen LogP contribution in [-0.4, -0.2) is 21.0 Å². The van der Waals surface area contributed by atoms with E-state index in [1.807, 2.05) is 11.4 Å². The summed E-state index contributed by atoms with van der Waals surface area (Å²) in [6.07, 6.45) is 2.85. The van der Waals surface area contributed by atoms with Crippen LogP contribution < -0.4 is 0 Å². The molecule has 2 heterocycles. The van der Waals surface area contributed by atoms with E-state index in [4.69, 9.17) is 5.11 Å². The Labute approximate surface area is 97.8 Å². The summed E-state index contributed by atoms with van der Waals surface area (Å²) in [6.45, 7) is 0. The molecule has 0 atom stereocenters. The van der Waals surface area contributed by atoms with Crippen LogP contribution >= 0.6 is 27.3 Å². The quantitative estimate of drug-likeness (QED) is 0.921. The van der Waals surface area contributed by atoms with Crippen molar-refractivity contribution in [1.82, 2.24) is 9.97 Å². The van der Waals surface area contributed by atoms with E-state index in [9.17, 15) is 4.79 Å². The number of carbonyl (C=O) groups is 1. The van der Waals surface area contributed by atoms with E-state index >= 15 is 0 Å². The molecule has 0 aliphatic heterocycles. The lowest BCUT2D eigenvalue weighted by Crippen LogP contribution is -2.03. The van der Waals surface area contributed by atoms with E-state index in [2.05, 4.69) is 25.9 Å². The molecule has 0 spiro atoms. The molecule has 0 bridgehead atoms. The van der Waals surface area contributed by atoms with Crippen LogP contribution in [0.3, 0.4) is 0 Å². The fourth-order valence-corrected chi connectivity index (χ4v) is 2.54. The minimum absolute atomic E-state index is 0.0214. The first-order valence-corrected chi connectivity index (χ1v) is 5.64. The molecule has 0 aliphatic carbocycles. The fraction of sp³-hybridized carbons (Fsp3) is 0. The van der Waals surface area contributed by atoms with E-state index < -0.39 is 5.97 Å². The summed E-state index contributed by atoms with van der Waals surface area (Å²) < 4.78 is 0.907. The number of rotatable bonds is 2. The third-order valence-electron chi connectivity index (χ3n) is 1.70. The van der Waals surface area contributed by atoms with E-state index in [1.54, 1.807) is 0 Å². The molecule has 15 heavy (non-hydrogen) atoms. The van der Waals surface area contributed by atoms with Gasteiger partial charge in [-0.15, -0.1) is 11.3 Å². The van der Waals surface area contributed by atoms with Crippen molar-refractivity contribution in [3.8, 4) is 10.6 Å². The van der Waals surface area contributed by atoms with Gasteiger partial charge in [-0.3, -0.25) is 4.98 Å². The number of thiophene rings is 1. The van der Waals surface area contributed by atoms with Crippen LogP contribution in [0.1, 0.15) is 10.5 Å². The summed E-state index contributed by atoms with van der Waals surface area (Å²) in [4.78, 5) is 19.5. The van der Waals surface area contributed by atoms with Gasteiger partial charge in [-0.2, -0.15) is 0 Å². The minimum Gasteiger partial charge on any atom is -0.476 e. The Morgan fingerprint density at radius 2 is 2.13 bits per heavy atom. The van der Waals surface area contributed by atoms with Gasteiger partial charge in [0.2, 0.25) is 0 Å². The smallest absolute Gasteiger partial charge is 0.356 e. The van der Waals surface area contributed by atoms with Crippen LogP contribution in [0.2, 0.25) is 0 Å². The molecule has 0 saturated carbocycles. The maximum absolute atomic E-state index is 10.9. The second-order valence-corrected chi connectivity index (χ2v) is 4.51. The fourth-order valence-electron chi connectivity index (χ4n) is 1.11. The Morgan fingerprint density at radius 3 is 2.73 bits per heavy atom. The number of carboxylic acids is 1. The van der Waals surface area contributed by atoms with Crippen LogP contribution in [0, 0.1) is 0 Å². The Kier molecular flexibility index (Phi) is 2.79. The average Bonchev–Trinajstić information content (AvgIpc) is 2.65. The van der Waals surface area contributed by atoms with E-state index in [-0.39, 0.29) is 5.69 Å². The number of aromatic carboxylic acids is 1. The molecule has 0 fully saturated rings. The van der Waals surface area contributed by atoms with Crippen molar-refractivity contribution in [1.29, 1.82) is 0 Å². The summed E-state index contributed by atoms with van der Waals surface area (Å²) in [6, 6.07) is 1.82. The molecule has 2 aromatic heterocycles. The number of nitrogens with zero attached hydrogens (tertiary/aromatic N) is 2. The number of halogens is 1. The first-order valence-electron chi connectivity index (χ1n) is 3.97. The van der Waals surface area contributed by atoms with E-state index in [1.165, 1.54) is 23.7 Å². The zero-order valence-corrected chi connectivity index (χ0v) is 9.75. The molecule has 0 aromatic carbocycles. The SMILES string of the molecule is O=C(O)c1nccnc1-c1cc(Br)cs1. The van der Waals surface area contributed by atoms with Gasteiger partial charge >= 0.3 is 5.97 Å². The molecular weight excluding hydrogens is 280 g/mol. The van der Waals surface area contributed by atoms with Gasteiger partial charge in [0.15, 0.2) is 5.69 Å². The van der Waals surface area contributed by atoms with Gasteiger partial charge in [-0.25, -0.2) is 9.78 Å². The average molecular weight is 285 g/mol. The highest BCUT2D eigenvalue weighted by atomic mass is 79.9. The lowest BCUT2D eigenvalue weighted by atomic mass is 10.2. The molecule has 2 aromatic rings. The largest absolute Gasteiger partial charge is 0.476 e. The Morgan fingerprint density at radius 1 is 1.40 bits per heavy atom. The van der Waals surface area contributed by atoms with Gasteiger partial charge in [0.25, 0.3) is 0 Å². The van der Waals surface area contributed by atoms with Crippen molar-refractivity contribution in [3.05, 3.63) is 34.0 Å². The third-order valence-corrected chi connectivity index (χ3v) is 3.40. The summed E-state index contributed by atoms with van der Waals surface area (Å²) in [5.41, 5.74) is 0.382. The van der Waals surface area contributed by atoms with Crippen molar-refractivity contribution in [2.75, 3.05) is 0 Å². The maximum Gasteiger partial charge on any atom is 0.356 e. The Bertz CT molecular complexity index is 512. The van der Waals surface area contributed by atoms with Gasteiger partial charge in [-0.05, 0) is 22.0 Å². The van der Waals surface area contributed by atoms with Crippen LogP contribution in [0.5, 0.6) is 0 Å². The number of carboxylic acid groups (broad SMARTS) is 1. The van der Waals surface area contributed by atoms with Crippen LogP contribution in [0.25, 0.3) is 10.6 Å². The van der Waals surface area contributed by atoms with Gasteiger partial charge < -0.3 is 5.11 Å². The zero-order valence-electron chi connectivity index (χ0n) is 7.35. The Balaban J connectivity index is 2.57. The van der Waals surface area contributed by atoms with Crippen molar-refractivity contribution in [2.45, 2.75) is 0 Å². The molecule has 0 aliphatic rings. The number of hydrogen-bond donors (Lipinski definition) is 1. The normalized spacial score (nSPS) is 10.2. The van der Waals surface area contributed by atoms with Crippen LogP contribution in [0.4, 0.5) is 0 Å². The highest BCUT2D eigenvalue weighted by Gasteiger charge is 2.15. The van der Waals surface area contributed by atoms with Gasteiger partial charge in [0.05, 0.1) is 4.88 Å². The maximum atomic E-state index is 10.9. The van der Waals surface area contributed by atoms with Crippen molar-refractivity contribution < 1.29 is 9.90 Å². The van der Waals surface area contributed by atoms with Crippen molar-refractivity contribution in [3.63, 3.8) is 0 Å². The number of hydrogen-bond acceptors (Lipinski definition) is 4. The monoisotopic (exact) mass is 284 g/mol. The lowest BCUT2D eigenvalue weighted by Gasteiger charge is -1.99. The molecule has 0 radical (unpaired) electrons. The summed E-state index contributed by atoms with van der Waals surface area (Å²) in [5.74, 6) is -1.07. The predicted octanol–water partition coefficient (Wildman–Crippen LogP) is 2.67. The molecule has 1 N–H and O–H groups in total. The predicted molar refractivity (Wildman–Crippen MR) is 60.0 cm³/mol. The van der Waals surface area contributed by atoms with Crippen LogP contribution in [0.15, 0.2) is 28.3 Å². The molecule has 0 amide bonds. The lowest BCUT2D eigenvalue weighted by molar-refractivity contribution is 0.0691. The molecule has 0 unspecified atom stereocenters. The number of aromatic nitrogens is 2. The standard InChI is InChI=1S/C9H5BrN2O2S/c10-5-3-6(15-4-5)7-8(9(13)14)12-2-1-11-7/h1-4H,(H,13,14). The summed E-state index contributed by atoms with van der Waals surface area (Å²) in [7, 11) is 0. The molecular formula is C9H5BrN2O2S. The summed E-state index contributed by atoms with van der Waals surface area (Å²) >= 11 is 4.73. The van der Waals surface area contributed by atoms with Crippen LogP contribution in [-0.2, 0) is 0 Å². The van der Waals surface area contributed by atoms with Gasteiger partial charge in [0, 0.05) is 22.2 Å². The highest BCUT2D eigenvalue weighted by Crippen LogP contribution is 2.29. The first-order chi connectivity index (χ1) is 7.18. The van der Waals surface area contributed by atoms with Gasteiger partial charge in [-0.1, -0.05) is 0 Å². The minimum atomic E-state index is -1.07. The second kappa shape index (κ2) is 4.08. The molecule has 76 valence electrons. The van der Waals surface area contributed by atoms with Gasteiger partial charge in [0.1, 0.15) is 5.69 Å². The molecule has 2 rings (SSSR count). The van der Waals surface area contributed by atoms with E-state index in [0.717, 1.165) is 9.35 Å². The van der Waals surface area contributed by atoms with E-state index in [0.29, 0.717) is 5.69 Å². The third kappa shape index (κ3) is 2.05. The van der Waals surface area contributed by atoms with Crippen molar-refractivity contribution >= 4 is 33.2 Å². The summed E-state index contributed by atoms with van der Waals surface area (Å²) in [5, 5.41) is 10.8.